The molecule has 124 valence electrons. The average molecular weight is 371 g/mol. The van der Waals surface area contributed by atoms with Crippen molar-refractivity contribution >= 4 is 44.8 Å². The van der Waals surface area contributed by atoms with Crippen molar-refractivity contribution in [2.24, 2.45) is 10.2 Å². The van der Waals surface area contributed by atoms with E-state index in [9.17, 15) is 15.2 Å². The number of aromatic hydroxyl groups is 1. The Balaban J connectivity index is 1.68. The standard InChI is InChI=1S/C15H9N5O3S2/c21-14-13(18-17-9-3-5-10(6-4-9)20(22)23)16-15-19(14)11(8-25-15)12-2-1-7-24-12/h1-8,21H. The zero-order valence-corrected chi connectivity index (χ0v) is 14.1. The van der Waals surface area contributed by atoms with Crippen molar-refractivity contribution in [1.29, 1.82) is 0 Å². The number of thiazole rings is 1. The van der Waals surface area contributed by atoms with Crippen LogP contribution in [0.4, 0.5) is 17.2 Å². The molecule has 0 bridgehead atoms. The predicted molar refractivity (Wildman–Crippen MR) is 95.3 cm³/mol. The molecule has 3 heterocycles. The van der Waals surface area contributed by atoms with E-state index in [1.807, 2.05) is 22.9 Å². The molecule has 3 aromatic heterocycles. The lowest BCUT2D eigenvalue weighted by Crippen LogP contribution is -1.85. The van der Waals surface area contributed by atoms with Gasteiger partial charge in [-0.25, -0.2) is 0 Å². The highest BCUT2D eigenvalue weighted by atomic mass is 32.1. The molecule has 0 aliphatic rings. The predicted octanol–water partition coefficient (Wildman–Crippen LogP) is 5.15. The van der Waals surface area contributed by atoms with Gasteiger partial charge in [0, 0.05) is 17.5 Å². The molecule has 0 aliphatic heterocycles. The molecular formula is C15H9N5O3S2. The maximum absolute atomic E-state index is 10.6. The number of imidazole rings is 1. The lowest BCUT2D eigenvalue weighted by Gasteiger charge is -1.96. The van der Waals surface area contributed by atoms with Gasteiger partial charge in [-0.15, -0.1) is 32.9 Å². The van der Waals surface area contributed by atoms with Crippen LogP contribution in [0.3, 0.4) is 0 Å². The van der Waals surface area contributed by atoms with Crippen LogP contribution in [0.2, 0.25) is 0 Å². The van der Waals surface area contributed by atoms with Crippen molar-refractivity contribution in [2.75, 3.05) is 0 Å². The number of nitrogens with zero attached hydrogens (tertiary/aromatic N) is 5. The highest BCUT2D eigenvalue weighted by Gasteiger charge is 2.17. The Kier molecular flexibility index (Phi) is 3.75. The van der Waals surface area contributed by atoms with E-state index in [4.69, 9.17) is 0 Å². The number of thiophene rings is 1. The minimum absolute atomic E-state index is 0.0232. The third-order valence-corrected chi connectivity index (χ3v) is 5.13. The highest BCUT2D eigenvalue weighted by molar-refractivity contribution is 7.17. The SMILES string of the molecule is O=[N+]([O-])c1ccc(N=Nc2nc3scc(-c4cccs4)n3c2O)cc1. The van der Waals surface area contributed by atoms with E-state index in [1.54, 1.807) is 15.7 Å². The van der Waals surface area contributed by atoms with Crippen LogP contribution in [0.15, 0.2) is 57.4 Å². The third kappa shape index (κ3) is 2.77. The molecule has 10 heteroatoms. The van der Waals surface area contributed by atoms with Gasteiger partial charge in [-0.2, -0.15) is 4.98 Å². The molecule has 1 N–H and O–H groups in total. The zero-order valence-electron chi connectivity index (χ0n) is 12.4. The molecule has 0 fully saturated rings. The second-order valence-corrected chi connectivity index (χ2v) is 6.73. The van der Waals surface area contributed by atoms with Gasteiger partial charge in [0.05, 0.1) is 21.2 Å². The van der Waals surface area contributed by atoms with Crippen LogP contribution in [0, 0.1) is 10.1 Å². The maximum atomic E-state index is 10.6. The Morgan fingerprint density at radius 3 is 2.64 bits per heavy atom. The topological polar surface area (TPSA) is 105 Å². The van der Waals surface area contributed by atoms with Crippen molar-refractivity contribution in [1.82, 2.24) is 9.38 Å². The van der Waals surface area contributed by atoms with Gasteiger partial charge in [-0.3, -0.25) is 14.5 Å². The fourth-order valence-electron chi connectivity index (χ4n) is 2.24. The van der Waals surface area contributed by atoms with Crippen LogP contribution in [-0.2, 0) is 0 Å². The number of non-ortho nitro benzene ring substituents is 1. The molecule has 1 aromatic carbocycles. The Labute approximate surface area is 148 Å². The van der Waals surface area contributed by atoms with Crippen molar-refractivity contribution in [2.45, 2.75) is 0 Å². The summed E-state index contributed by atoms with van der Waals surface area (Å²) >= 11 is 2.96. The first kappa shape index (κ1) is 15.4. The van der Waals surface area contributed by atoms with Gasteiger partial charge in [0.15, 0.2) is 4.96 Å². The molecular weight excluding hydrogens is 362 g/mol. The molecule has 0 radical (unpaired) electrons. The Hall–Kier alpha value is -3.11. The maximum Gasteiger partial charge on any atom is 0.269 e. The van der Waals surface area contributed by atoms with Gasteiger partial charge in [-0.1, -0.05) is 6.07 Å². The van der Waals surface area contributed by atoms with Crippen molar-refractivity contribution in [3.05, 3.63) is 57.3 Å². The Bertz CT molecular complexity index is 1080. The van der Waals surface area contributed by atoms with Gasteiger partial charge in [-0.05, 0) is 23.6 Å². The number of hydrogen-bond donors (Lipinski definition) is 1. The Morgan fingerprint density at radius 2 is 1.96 bits per heavy atom. The highest BCUT2D eigenvalue weighted by Crippen LogP contribution is 2.37. The average Bonchev–Trinajstić information content (AvgIpc) is 3.32. The monoisotopic (exact) mass is 371 g/mol. The van der Waals surface area contributed by atoms with E-state index in [1.165, 1.54) is 35.6 Å². The van der Waals surface area contributed by atoms with Crippen LogP contribution in [0.1, 0.15) is 0 Å². The summed E-state index contributed by atoms with van der Waals surface area (Å²) < 4.78 is 1.63. The van der Waals surface area contributed by atoms with Crippen LogP contribution in [0.25, 0.3) is 15.5 Å². The molecule has 0 amide bonds. The first-order chi connectivity index (χ1) is 12.1. The van der Waals surface area contributed by atoms with Crippen LogP contribution < -0.4 is 0 Å². The second kappa shape index (κ2) is 6.07. The molecule has 8 nitrogen and oxygen atoms in total. The van der Waals surface area contributed by atoms with E-state index >= 15 is 0 Å². The fraction of sp³-hybridized carbons (Fsp3) is 0. The minimum atomic E-state index is -0.484. The first-order valence-electron chi connectivity index (χ1n) is 7.02. The summed E-state index contributed by atoms with van der Waals surface area (Å²) in [6.07, 6.45) is 0. The number of aromatic nitrogens is 2. The van der Waals surface area contributed by atoms with E-state index in [-0.39, 0.29) is 17.4 Å². The first-order valence-corrected chi connectivity index (χ1v) is 8.78. The largest absolute Gasteiger partial charge is 0.491 e. The third-order valence-electron chi connectivity index (χ3n) is 3.42. The molecule has 4 aromatic rings. The van der Waals surface area contributed by atoms with E-state index in [0.29, 0.717) is 10.6 Å². The summed E-state index contributed by atoms with van der Waals surface area (Å²) in [7, 11) is 0. The van der Waals surface area contributed by atoms with Gasteiger partial charge in [0.1, 0.15) is 0 Å². The minimum Gasteiger partial charge on any atom is -0.491 e. The quantitative estimate of drug-likeness (QED) is 0.304. The number of nitro benzene ring substituents is 1. The summed E-state index contributed by atoms with van der Waals surface area (Å²) in [6, 6.07) is 9.54. The summed E-state index contributed by atoms with van der Waals surface area (Å²) in [5, 5.41) is 32.9. The van der Waals surface area contributed by atoms with Crippen LogP contribution >= 0.6 is 22.7 Å². The molecule has 0 aliphatic carbocycles. The smallest absolute Gasteiger partial charge is 0.269 e. The van der Waals surface area contributed by atoms with Crippen molar-refractivity contribution in [3.63, 3.8) is 0 Å². The molecule has 25 heavy (non-hydrogen) atoms. The molecule has 4 rings (SSSR count). The number of hydrogen-bond acceptors (Lipinski definition) is 8. The molecule has 0 saturated carbocycles. The molecule has 0 spiro atoms. The lowest BCUT2D eigenvalue weighted by atomic mass is 10.3. The van der Waals surface area contributed by atoms with E-state index in [2.05, 4.69) is 15.2 Å². The molecule has 0 unspecified atom stereocenters. The van der Waals surface area contributed by atoms with Crippen molar-refractivity contribution in [3.8, 4) is 16.5 Å². The van der Waals surface area contributed by atoms with E-state index < -0.39 is 4.92 Å². The van der Waals surface area contributed by atoms with Gasteiger partial charge >= 0.3 is 0 Å². The normalized spacial score (nSPS) is 11.5. The van der Waals surface area contributed by atoms with Crippen LogP contribution in [-0.4, -0.2) is 19.4 Å². The fourth-order valence-corrected chi connectivity index (χ4v) is 3.93. The number of fused-ring (bicyclic) bond motifs is 1. The van der Waals surface area contributed by atoms with Crippen molar-refractivity contribution < 1.29 is 10.0 Å². The van der Waals surface area contributed by atoms with Gasteiger partial charge in [0.25, 0.3) is 5.69 Å². The zero-order chi connectivity index (χ0) is 17.4. The summed E-state index contributed by atoms with van der Waals surface area (Å²) in [5.74, 6) is 0.00770. The lowest BCUT2D eigenvalue weighted by molar-refractivity contribution is -0.384. The summed E-state index contributed by atoms with van der Waals surface area (Å²) in [4.78, 5) is 16.1. The summed E-state index contributed by atoms with van der Waals surface area (Å²) in [5.41, 5.74) is 1.25. The van der Waals surface area contributed by atoms with Crippen LogP contribution in [0.5, 0.6) is 5.88 Å². The number of rotatable bonds is 4. The number of benzene rings is 1. The summed E-state index contributed by atoms with van der Waals surface area (Å²) in [6.45, 7) is 0. The number of azo groups is 1. The van der Waals surface area contributed by atoms with Gasteiger partial charge in [0.2, 0.25) is 11.7 Å². The molecule has 0 atom stereocenters. The van der Waals surface area contributed by atoms with E-state index in [0.717, 1.165) is 10.6 Å². The Morgan fingerprint density at radius 1 is 1.16 bits per heavy atom. The second-order valence-electron chi connectivity index (χ2n) is 4.95. The molecule has 0 saturated heterocycles. The number of nitro groups is 1. The van der Waals surface area contributed by atoms with Gasteiger partial charge < -0.3 is 5.11 Å².